The summed E-state index contributed by atoms with van der Waals surface area (Å²) < 4.78 is 134. The summed E-state index contributed by atoms with van der Waals surface area (Å²) in [6.45, 7) is 0. The van der Waals surface area contributed by atoms with Crippen molar-refractivity contribution in [3.63, 3.8) is 0 Å². The van der Waals surface area contributed by atoms with Crippen molar-refractivity contribution in [1.29, 1.82) is 0 Å². The lowest BCUT2D eigenvalue weighted by Crippen LogP contribution is -2.50. The van der Waals surface area contributed by atoms with Crippen LogP contribution in [0.5, 0.6) is 0 Å². The number of nitrogens with two attached hydrogens (primary N) is 1. The second-order valence-electron chi connectivity index (χ2n) is 6.37. The van der Waals surface area contributed by atoms with Crippen LogP contribution < -0.4 is 11.1 Å². The first kappa shape index (κ1) is 26.0. The fraction of sp³-hybridized carbons (Fsp3) is 0.278. The van der Waals surface area contributed by atoms with Crippen molar-refractivity contribution < 1.29 is 48.7 Å². The van der Waals surface area contributed by atoms with Gasteiger partial charge in [-0.2, -0.15) is 39.5 Å². The standard InChI is InChI=1S/C18H11F10IN2O/c1-31-11-4-2-3-8(14(30)32)12(11)13-9(16(20,21)22)5-7(6-10(13)29)15(19,17(23,24)25)18(26,27)28/h2-6,31H,1H3,(H2,30,32). The zero-order valence-electron chi connectivity index (χ0n) is 15.5. The third-order valence-corrected chi connectivity index (χ3v) is 5.27. The molecule has 0 aromatic heterocycles. The molecule has 2 rings (SSSR count). The van der Waals surface area contributed by atoms with E-state index >= 15 is 0 Å². The Labute approximate surface area is 187 Å². The predicted molar refractivity (Wildman–Crippen MR) is 103 cm³/mol. The quantitative estimate of drug-likeness (QED) is 0.321. The Balaban J connectivity index is 3.07. The Bertz CT molecular complexity index is 1030. The molecule has 3 nitrogen and oxygen atoms in total. The van der Waals surface area contributed by atoms with E-state index in [4.69, 9.17) is 5.73 Å². The minimum Gasteiger partial charge on any atom is -0.388 e. The van der Waals surface area contributed by atoms with Gasteiger partial charge < -0.3 is 11.1 Å². The summed E-state index contributed by atoms with van der Waals surface area (Å²) in [6, 6.07) is 2.91. The van der Waals surface area contributed by atoms with Crippen LogP contribution in [-0.4, -0.2) is 25.3 Å². The van der Waals surface area contributed by atoms with Crippen molar-refractivity contribution in [1.82, 2.24) is 0 Å². The van der Waals surface area contributed by atoms with E-state index in [2.05, 4.69) is 5.32 Å². The van der Waals surface area contributed by atoms with Gasteiger partial charge in [0.15, 0.2) is 0 Å². The van der Waals surface area contributed by atoms with E-state index in [9.17, 15) is 48.7 Å². The number of benzene rings is 2. The van der Waals surface area contributed by atoms with Crippen LogP contribution in [0.15, 0.2) is 30.3 Å². The lowest BCUT2D eigenvalue weighted by molar-refractivity contribution is -0.348. The van der Waals surface area contributed by atoms with Crippen molar-refractivity contribution in [2.24, 2.45) is 5.73 Å². The molecule has 0 aliphatic carbocycles. The summed E-state index contributed by atoms with van der Waals surface area (Å²) in [6.07, 6.45) is -18.8. The number of carbonyl (C=O) groups excluding carboxylic acids is 1. The molecule has 0 saturated heterocycles. The maximum absolute atomic E-state index is 14.5. The number of alkyl halides is 10. The number of nitrogens with one attached hydrogen (secondary N) is 1. The van der Waals surface area contributed by atoms with Crippen molar-refractivity contribution >= 4 is 34.2 Å². The Morgan fingerprint density at radius 1 is 0.906 bits per heavy atom. The smallest absolute Gasteiger partial charge is 0.388 e. The summed E-state index contributed by atoms with van der Waals surface area (Å²) in [4.78, 5) is 11.8. The summed E-state index contributed by atoms with van der Waals surface area (Å²) in [5.41, 5.74) is -7.28. The molecule has 0 aliphatic heterocycles. The Morgan fingerprint density at radius 2 is 1.44 bits per heavy atom. The number of primary amides is 1. The normalized spacial score (nSPS) is 13.2. The van der Waals surface area contributed by atoms with E-state index in [1.165, 1.54) is 19.2 Å². The molecule has 0 atom stereocenters. The van der Waals surface area contributed by atoms with Gasteiger partial charge in [0.25, 0.3) is 0 Å². The largest absolute Gasteiger partial charge is 0.435 e. The van der Waals surface area contributed by atoms with Crippen LogP contribution in [-0.2, 0) is 11.8 Å². The van der Waals surface area contributed by atoms with Crippen molar-refractivity contribution in [2.75, 3.05) is 12.4 Å². The highest BCUT2D eigenvalue weighted by Gasteiger charge is 2.73. The highest BCUT2D eigenvalue weighted by atomic mass is 127. The molecule has 0 unspecified atom stereocenters. The zero-order valence-corrected chi connectivity index (χ0v) is 17.7. The van der Waals surface area contributed by atoms with Gasteiger partial charge in [0.1, 0.15) is 0 Å². The van der Waals surface area contributed by atoms with Gasteiger partial charge in [-0.25, -0.2) is 4.39 Å². The Morgan fingerprint density at radius 3 is 1.84 bits per heavy atom. The van der Waals surface area contributed by atoms with Crippen LogP contribution in [0.4, 0.5) is 49.6 Å². The van der Waals surface area contributed by atoms with E-state index in [0.29, 0.717) is 0 Å². The third kappa shape index (κ3) is 4.32. The molecule has 0 spiro atoms. The summed E-state index contributed by atoms with van der Waals surface area (Å²) >= 11 is 1.04. The van der Waals surface area contributed by atoms with Gasteiger partial charge in [-0.05, 0) is 46.9 Å². The molecule has 0 bridgehead atoms. The van der Waals surface area contributed by atoms with Gasteiger partial charge in [0.2, 0.25) is 5.91 Å². The molecule has 0 fully saturated rings. The van der Waals surface area contributed by atoms with Gasteiger partial charge in [-0.15, -0.1) is 0 Å². The van der Waals surface area contributed by atoms with Gasteiger partial charge >= 0.3 is 24.2 Å². The average Bonchev–Trinajstić information content (AvgIpc) is 2.63. The fourth-order valence-corrected chi connectivity index (χ4v) is 3.90. The third-order valence-electron chi connectivity index (χ3n) is 4.42. The highest BCUT2D eigenvalue weighted by molar-refractivity contribution is 14.1. The van der Waals surface area contributed by atoms with Crippen molar-refractivity contribution in [3.8, 4) is 11.1 Å². The van der Waals surface area contributed by atoms with E-state index in [-0.39, 0.29) is 11.8 Å². The number of anilines is 1. The van der Waals surface area contributed by atoms with Crippen LogP contribution in [0.2, 0.25) is 0 Å². The van der Waals surface area contributed by atoms with E-state index in [1.54, 1.807) is 0 Å². The Kier molecular flexibility index (Phi) is 6.71. The summed E-state index contributed by atoms with van der Waals surface area (Å²) in [5.74, 6) is -1.21. The van der Waals surface area contributed by atoms with Crippen molar-refractivity contribution in [2.45, 2.75) is 24.2 Å². The van der Waals surface area contributed by atoms with E-state index < -0.39 is 67.6 Å². The van der Waals surface area contributed by atoms with E-state index in [1.807, 2.05) is 0 Å². The zero-order chi connectivity index (χ0) is 24.9. The molecular weight excluding hydrogens is 577 g/mol. The highest BCUT2D eigenvalue weighted by Crippen LogP contribution is 2.55. The molecule has 176 valence electrons. The van der Waals surface area contributed by atoms with Crippen molar-refractivity contribution in [3.05, 3.63) is 50.6 Å². The van der Waals surface area contributed by atoms with Gasteiger partial charge in [0, 0.05) is 38.6 Å². The van der Waals surface area contributed by atoms with Gasteiger partial charge in [-0.1, -0.05) is 6.07 Å². The van der Waals surface area contributed by atoms with E-state index in [0.717, 1.165) is 28.7 Å². The summed E-state index contributed by atoms with van der Waals surface area (Å²) in [5, 5.41) is 2.48. The second kappa shape index (κ2) is 8.26. The number of hydrogen-bond donors (Lipinski definition) is 2. The van der Waals surface area contributed by atoms with Crippen LogP contribution in [0.25, 0.3) is 11.1 Å². The molecule has 0 radical (unpaired) electrons. The molecule has 0 saturated carbocycles. The lowest BCUT2D eigenvalue weighted by atomic mass is 9.87. The number of amides is 1. The molecule has 0 aliphatic rings. The second-order valence-corrected chi connectivity index (χ2v) is 7.54. The van der Waals surface area contributed by atoms with Gasteiger partial charge in [-0.3, -0.25) is 4.79 Å². The molecular formula is C18H11F10IN2O. The Hall–Kier alpha value is -2.26. The topological polar surface area (TPSA) is 55.1 Å². The first-order valence-corrected chi connectivity index (χ1v) is 9.30. The molecule has 1 amide bonds. The van der Waals surface area contributed by atoms with Gasteiger partial charge in [0.05, 0.1) is 5.56 Å². The molecule has 0 heterocycles. The van der Waals surface area contributed by atoms with Crippen LogP contribution in [0.1, 0.15) is 21.5 Å². The minimum atomic E-state index is -6.61. The molecule has 3 N–H and O–H groups in total. The first-order valence-electron chi connectivity index (χ1n) is 8.22. The molecule has 2 aromatic rings. The SMILES string of the molecule is CNc1cccc(C(N)=O)c1-c1c(I)cc(C(F)(C(F)(F)F)C(F)(F)F)cc1C(F)(F)F. The maximum atomic E-state index is 14.5. The minimum absolute atomic E-state index is 0.00330. The molecule has 2 aromatic carbocycles. The number of carbonyl (C=O) groups is 1. The summed E-state index contributed by atoms with van der Waals surface area (Å²) in [7, 11) is 1.25. The average molecular weight is 588 g/mol. The molecule has 14 heteroatoms. The number of hydrogen-bond acceptors (Lipinski definition) is 2. The monoisotopic (exact) mass is 588 g/mol. The fourth-order valence-electron chi connectivity index (χ4n) is 3.01. The molecule has 32 heavy (non-hydrogen) atoms. The van der Waals surface area contributed by atoms with Crippen LogP contribution in [0, 0.1) is 3.57 Å². The van der Waals surface area contributed by atoms with Crippen LogP contribution >= 0.6 is 22.6 Å². The predicted octanol–water partition coefficient (Wildman–Crippen LogP) is 6.41. The lowest BCUT2D eigenvalue weighted by Gasteiger charge is -2.31. The number of rotatable bonds is 4. The van der Waals surface area contributed by atoms with Crippen LogP contribution in [0.3, 0.4) is 0 Å². The maximum Gasteiger partial charge on any atom is 0.435 e. The number of halogens is 11. The first-order chi connectivity index (χ1) is 14.4.